The lowest BCUT2D eigenvalue weighted by Crippen LogP contribution is -2.20. The summed E-state index contributed by atoms with van der Waals surface area (Å²) in [6, 6.07) is 14.5. The highest BCUT2D eigenvalue weighted by Crippen LogP contribution is 2.26. The highest BCUT2D eigenvalue weighted by atomic mass is 19.1. The molecule has 0 fully saturated rings. The summed E-state index contributed by atoms with van der Waals surface area (Å²) in [4.78, 5) is 12.5. The first-order valence-electron chi connectivity index (χ1n) is 7.97. The van der Waals surface area contributed by atoms with E-state index >= 15 is 0 Å². The maximum Gasteiger partial charge on any atom is 0.226 e. The summed E-state index contributed by atoms with van der Waals surface area (Å²) in [5, 5.41) is 2.53. The van der Waals surface area contributed by atoms with Crippen LogP contribution in [0.4, 0.5) is 14.5 Å². The van der Waals surface area contributed by atoms with Crippen LogP contribution in [0, 0.1) is 18.6 Å². The van der Waals surface area contributed by atoms with Crippen molar-refractivity contribution < 1.29 is 13.6 Å². The van der Waals surface area contributed by atoms with Gasteiger partial charge in [-0.05, 0) is 42.3 Å². The van der Waals surface area contributed by atoms with E-state index in [0.717, 1.165) is 23.3 Å². The summed E-state index contributed by atoms with van der Waals surface area (Å²) in [7, 11) is 0. The fourth-order valence-electron chi connectivity index (χ4n) is 2.86. The summed E-state index contributed by atoms with van der Waals surface area (Å²) in [5.74, 6) is -1.81. The van der Waals surface area contributed by atoms with Crippen molar-refractivity contribution in [3.05, 3.63) is 89.8 Å². The van der Waals surface area contributed by atoms with Gasteiger partial charge in [-0.25, -0.2) is 8.78 Å². The molecule has 1 heterocycles. The van der Waals surface area contributed by atoms with Gasteiger partial charge in [-0.3, -0.25) is 4.79 Å². The molecule has 0 aliphatic carbocycles. The molecule has 0 saturated carbocycles. The molecule has 0 unspecified atom stereocenters. The second kappa shape index (κ2) is 7.30. The zero-order valence-corrected chi connectivity index (χ0v) is 13.7. The van der Waals surface area contributed by atoms with Crippen LogP contribution in [0.1, 0.15) is 23.6 Å². The number of amides is 1. The molecule has 1 atom stereocenters. The van der Waals surface area contributed by atoms with Crippen LogP contribution < -0.4 is 5.32 Å². The van der Waals surface area contributed by atoms with Crippen molar-refractivity contribution in [2.45, 2.75) is 19.4 Å². The summed E-state index contributed by atoms with van der Waals surface area (Å²) in [6.45, 7) is 1.99. The smallest absolute Gasteiger partial charge is 0.226 e. The monoisotopic (exact) mass is 340 g/mol. The molecule has 0 aliphatic heterocycles. The molecule has 128 valence electrons. The number of carbonyl (C=O) groups excluding carboxylic acids is 1. The average molecular weight is 340 g/mol. The molecule has 25 heavy (non-hydrogen) atoms. The molecular formula is C20H18F2N2O. The largest absolute Gasteiger partial charge is 0.346 e. The molecule has 1 N–H and O–H groups in total. The Bertz CT molecular complexity index is 875. The number of aryl methyl sites for hydroxylation is 1. The topological polar surface area (TPSA) is 34.0 Å². The van der Waals surface area contributed by atoms with Crippen molar-refractivity contribution in [1.82, 2.24) is 4.57 Å². The number of hydrogen-bond donors (Lipinski definition) is 1. The van der Waals surface area contributed by atoms with E-state index in [4.69, 9.17) is 0 Å². The first-order valence-corrected chi connectivity index (χ1v) is 7.97. The first kappa shape index (κ1) is 16.9. The number of hydrogen-bond acceptors (Lipinski definition) is 1. The Morgan fingerprint density at radius 3 is 2.48 bits per heavy atom. The highest BCUT2D eigenvalue weighted by molar-refractivity contribution is 5.91. The van der Waals surface area contributed by atoms with E-state index < -0.39 is 11.6 Å². The molecule has 3 nitrogen and oxygen atoms in total. The summed E-state index contributed by atoms with van der Waals surface area (Å²) in [6.07, 6.45) is 3.92. The van der Waals surface area contributed by atoms with Crippen LogP contribution in [-0.2, 0) is 4.79 Å². The van der Waals surface area contributed by atoms with Gasteiger partial charge in [0.25, 0.3) is 0 Å². The van der Waals surface area contributed by atoms with Crippen molar-refractivity contribution in [3.63, 3.8) is 0 Å². The number of anilines is 1. The minimum Gasteiger partial charge on any atom is -0.346 e. The van der Waals surface area contributed by atoms with Crippen LogP contribution in [0.3, 0.4) is 0 Å². The van der Waals surface area contributed by atoms with E-state index in [1.54, 1.807) is 0 Å². The van der Waals surface area contributed by atoms with Gasteiger partial charge in [0.2, 0.25) is 5.91 Å². The Hall–Kier alpha value is -2.95. The quantitative estimate of drug-likeness (QED) is 0.718. The SMILES string of the molecule is Cc1ccccc1[C@@H](CC(=O)Nc1ccc(F)cc1F)n1cccc1. The zero-order valence-electron chi connectivity index (χ0n) is 13.7. The third-order valence-electron chi connectivity index (χ3n) is 4.12. The lowest BCUT2D eigenvalue weighted by Gasteiger charge is -2.21. The van der Waals surface area contributed by atoms with E-state index in [0.29, 0.717) is 0 Å². The third-order valence-corrected chi connectivity index (χ3v) is 4.12. The summed E-state index contributed by atoms with van der Waals surface area (Å²) < 4.78 is 28.7. The molecule has 3 aromatic rings. The molecule has 3 rings (SSSR count). The Morgan fingerprint density at radius 2 is 1.80 bits per heavy atom. The van der Waals surface area contributed by atoms with E-state index in [2.05, 4.69) is 5.32 Å². The predicted octanol–water partition coefficient (Wildman–Crippen LogP) is 4.69. The molecule has 1 amide bonds. The van der Waals surface area contributed by atoms with Crippen LogP contribution in [0.25, 0.3) is 0 Å². The molecule has 5 heteroatoms. The van der Waals surface area contributed by atoms with Gasteiger partial charge in [0.1, 0.15) is 11.6 Å². The van der Waals surface area contributed by atoms with Gasteiger partial charge in [0.15, 0.2) is 0 Å². The van der Waals surface area contributed by atoms with Crippen molar-refractivity contribution >= 4 is 11.6 Å². The lowest BCUT2D eigenvalue weighted by molar-refractivity contribution is -0.116. The molecule has 0 bridgehead atoms. The van der Waals surface area contributed by atoms with Crippen LogP contribution in [0.5, 0.6) is 0 Å². The lowest BCUT2D eigenvalue weighted by atomic mass is 9.98. The second-order valence-corrected chi connectivity index (χ2v) is 5.88. The number of rotatable bonds is 5. The Kier molecular flexibility index (Phi) is 4.93. The fraction of sp³-hybridized carbons (Fsp3) is 0.150. The average Bonchev–Trinajstić information content (AvgIpc) is 3.10. The summed E-state index contributed by atoms with van der Waals surface area (Å²) >= 11 is 0. The number of halogens is 2. The van der Waals surface area contributed by atoms with Gasteiger partial charge in [-0.1, -0.05) is 24.3 Å². The second-order valence-electron chi connectivity index (χ2n) is 5.88. The van der Waals surface area contributed by atoms with Crippen molar-refractivity contribution in [1.29, 1.82) is 0 Å². The number of aromatic nitrogens is 1. The van der Waals surface area contributed by atoms with Crippen LogP contribution in [-0.4, -0.2) is 10.5 Å². The van der Waals surface area contributed by atoms with Crippen LogP contribution in [0.15, 0.2) is 67.0 Å². The number of nitrogens with zero attached hydrogens (tertiary/aromatic N) is 1. The summed E-state index contributed by atoms with van der Waals surface area (Å²) in [5.41, 5.74) is 2.07. The fourth-order valence-corrected chi connectivity index (χ4v) is 2.86. The Balaban J connectivity index is 1.83. The van der Waals surface area contributed by atoms with Crippen LogP contribution in [0.2, 0.25) is 0 Å². The molecule has 0 saturated heterocycles. The normalized spacial score (nSPS) is 12.0. The van der Waals surface area contributed by atoms with Gasteiger partial charge < -0.3 is 9.88 Å². The maximum absolute atomic E-state index is 13.7. The van der Waals surface area contributed by atoms with Gasteiger partial charge in [-0.2, -0.15) is 0 Å². The molecule has 0 radical (unpaired) electrons. The van der Waals surface area contributed by atoms with E-state index in [1.807, 2.05) is 60.3 Å². The van der Waals surface area contributed by atoms with E-state index in [1.165, 1.54) is 6.07 Å². The predicted molar refractivity (Wildman–Crippen MR) is 93.4 cm³/mol. The number of nitrogens with one attached hydrogen (secondary N) is 1. The molecule has 0 aliphatic rings. The Labute approximate surface area is 144 Å². The third kappa shape index (κ3) is 3.94. The standard InChI is InChI=1S/C20H18F2N2O/c1-14-6-2-3-7-16(14)19(24-10-4-5-11-24)13-20(25)23-18-9-8-15(21)12-17(18)22/h2-12,19H,13H2,1H3,(H,23,25)/t19-/m1/s1. The van der Waals surface area contributed by atoms with Gasteiger partial charge in [0.05, 0.1) is 18.2 Å². The molecule has 1 aromatic heterocycles. The van der Waals surface area contributed by atoms with Gasteiger partial charge in [0, 0.05) is 18.5 Å². The molecular weight excluding hydrogens is 322 g/mol. The highest BCUT2D eigenvalue weighted by Gasteiger charge is 2.19. The maximum atomic E-state index is 13.7. The van der Waals surface area contributed by atoms with Gasteiger partial charge in [-0.15, -0.1) is 0 Å². The number of carbonyl (C=O) groups is 1. The molecule has 0 spiro atoms. The minimum atomic E-state index is -0.790. The zero-order chi connectivity index (χ0) is 17.8. The van der Waals surface area contributed by atoms with Crippen molar-refractivity contribution in [3.8, 4) is 0 Å². The molecule has 2 aromatic carbocycles. The van der Waals surface area contributed by atoms with Crippen molar-refractivity contribution in [2.75, 3.05) is 5.32 Å². The van der Waals surface area contributed by atoms with E-state index in [-0.39, 0.29) is 24.1 Å². The van der Waals surface area contributed by atoms with Gasteiger partial charge >= 0.3 is 0 Å². The minimum absolute atomic E-state index is 0.0255. The Morgan fingerprint density at radius 1 is 1.08 bits per heavy atom. The van der Waals surface area contributed by atoms with Crippen molar-refractivity contribution in [2.24, 2.45) is 0 Å². The first-order chi connectivity index (χ1) is 12.0. The van der Waals surface area contributed by atoms with Crippen LogP contribution >= 0.6 is 0 Å². The van der Waals surface area contributed by atoms with E-state index in [9.17, 15) is 13.6 Å². The number of benzene rings is 2.